The van der Waals surface area contributed by atoms with E-state index in [9.17, 15) is 4.79 Å². The zero-order chi connectivity index (χ0) is 19.8. The Bertz CT molecular complexity index is 1220. The van der Waals surface area contributed by atoms with Crippen LogP contribution in [0.2, 0.25) is 0 Å². The van der Waals surface area contributed by atoms with Crippen molar-refractivity contribution in [2.45, 2.75) is 38.1 Å². The molecule has 0 bridgehead atoms. The van der Waals surface area contributed by atoms with E-state index in [2.05, 4.69) is 42.2 Å². The molecule has 144 valence electrons. The van der Waals surface area contributed by atoms with Crippen LogP contribution in [0.3, 0.4) is 0 Å². The molecule has 4 aromatic rings. The molecule has 8 heteroatoms. The smallest absolute Gasteiger partial charge is 0.263 e. The maximum atomic E-state index is 13.1. The van der Waals surface area contributed by atoms with E-state index in [-0.39, 0.29) is 5.56 Å². The first kappa shape index (κ1) is 18.9. The average molecular weight is 413 g/mol. The van der Waals surface area contributed by atoms with Crippen LogP contribution in [0.1, 0.15) is 29.8 Å². The standard InChI is InChI=1S/C20H20N4O2S2/c1-5-15-22-23-16(26-15)10-28-20-21-18-17(19(25)24(20)4)14(9-27-18)13-7-6-11(2)12(3)8-13/h6-9H,5,10H2,1-4H3. The lowest BCUT2D eigenvalue weighted by Crippen LogP contribution is -2.19. The third-order valence-electron chi connectivity index (χ3n) is 4.73. The van der Waals surface area contributed by atoms with Gasteiger partial charge in [-0.25, -0.2) is 4.98 Å². The summed E-state index contributed by atoms with van der Waals surface area (Å²) in [5, 5.41) is 11.3. The van der Waals surface area contributed by atoms with Gasteiger partial charge in [0.1, 0.15) is 4.83 Å². The minimum absolute atomic E-state index is 0.0400. The minimum atomic E-state index is -0.0400. The Morgan fingerprint density at radius 2 is 1.96 bits per heavy atom. The number of hydrogen-bond donors (Lipinski definition) is 0. The van der Waals surface area contributed by atoms with Crippen LogP contribution in [0.15, 0.2) is 37.9 Å². The van der Waals surface area contributed by atoms with Crippen molar-refractivity contribution in [3.05, 3.63) is 56.8 Å². The summed E-state index contributed by atoms with van der Waals surface area (Å²) in [5.41, 5.74) is 4.39. The molecule has 28 heavy (non-hydrogen) atoms. The molecule has 0 N–H and O–H groups in total. The summed E-state index contributed by atoms with van der Waals surface area (Å²) in [7, 11) is 1.75. The fourth-order valence-electron chi connectivity index (χ4n) is 2.92. The molecule has 3 heterocycles. The maximum absolute atomic E-state index is 13.1. The van der Waals surface area contributed by atoms with Crippen LogP contribution in [-0.4, -0.2) is 19.7 Å². The van der Waals surface area contributed by atoms with Gasteiger partial charge in [-0.2, -0.15) is 0 Å². The number of thioether (sulfide) groups is 1. The van der Waals surface area contributed by atoms with E-state index < -0.39 is 0 Å². The van der Waals surface area contributed by atoms with Gasteiger partial charge >= 0.3 is 0 Å². The van der Waals surface area contributed by atoms with E-state index in [1.54, 1.807) is 11.6 Å². The lowest BCUT2D eigenvalue weighted by Gasteiger charge is -2.08. The zero-order valence-corrected chi connectivity index (χ0v) is 17.8. The van der Waals surface area contributed by atoms with Crippen molar-refractivity contribution in [3.8, 4) is 11.1 Å². The van der Waals surface area contributed by atoms with Crippen molar-refractivity contribution < 1.29 is 4.42 Å². The predicted molar refractivity (Wildman–Crippen MR) is 113 cm³/mol. The number of aryl methyl sites for hydroxylation is 3. The van der Waals surface area contributed by atoms with E-state index in [1.165, 1.54) is 34.2 Å². The zero-order valence-electron chi connectivity index (χ0n) is 16.1. The Labute approximate surface area is 170 Å². The predicted octanol–water partition coefficient (Wildman–Crippen LogP) is 4.52. The summed E-state index contributed by atoms with van der Waals surface area (Å²) in [6, 6.07) is 6.28. The van der Waals surface area contributed by atoms with Crippen molar-refractivity contribution in [3.63, 3.8) is 0 Å². The van der Waals surface area contributed by atoms with Crippen LogP contribution >= 0.6 is 23.1 Å². The molecule has 0 fully saturated rings. The molecule has 1 aromatic carbocycles. The van der Waals surface area contributed by atoms with Crippen LogP contribution in [0.4, 0.5) is 0 Å². The van der Waals surface area contributed by atoms with E-state index in [0.717, 1.165) is 16.0 Å². The Morgan fingerprint density at radius 1 is 1.18 bits per heavy atom. The Hall–Kier alpha value is -2.45. The van der Waals surface area contributed by atoms with Gasteiger partial charge < -0.3 is 4.42 Å². The first-order valence-electron chi connectivity index (χ1n) is 8.97. The Morgan fingerprint density at radius 3 is 2.68 bits per heavy atom. The fraction of sp³-hybridized carbons (Fsp3) is 0.300. The van der Waals surface area contributed by atoms with E-state index in [1.807, 2.05) is 12.3 Å². The normalized spacial score (nSPS) is 11.4. The second-order valence-electron chi connectivity index (χ2n) is 6.62. The summed E-state index contributed by atoms with van der Waals surface area (Å²) in [6.45, 7) is 6.13. The molecule has 0 amide bonds. The molecule has 0 aliphatic carbocycles. The Balaban J connectivity index is 1.71. The molecular formula is C20H20N4O2S2. The van der Waals surface area contributed by atoms with Crippen LogP contribution in [0.25, 0.3) is 21.3 Å². The van der Waals surface area contributed by atoms with Gasteiger partial charge in [0.2, 0.25) is 11.8 Å². The second-order valence-corrected chi connectivity index (χ2v) is 8.42. The van der Waals surface area contributed by atoms with Gasteiger partial charge in [0, 0.05) is 24.4 Å². The van der Waals surface area contributed by atoms with Gasteiger partial charge in [0.15, 0.2) is 5.16 Å². The molecule has 3 aromatic heterocycles. The van der Waals surface area contributed by atoms with E-state index in [0.29, 0.717) is 34.5 Å². The van der Waals surface area contributed by atoms with Crippen molar-refractivity contribution in [1.29, 1.82) is 0 Å². The highest BCUT2D eigenvalue weighted by Crippen LogP contribution is 2.33. The number of nitrogens with zero attached hydrogens (tertiary/aromatic N) is 4. The number of aromatic nitrogens is 4. The molecule has 0 aliphatic rings. The van der Waals surface area contributed by atoms with Crippen LogP contribution in [-0.2, 0) is 19.2 Å². The number of rotatable bonds is 5. The average Bonchev–Trinajstić information content (AvgIpc) is 3.32. The lowest BCUT2D eigenvalue weighted by molar-refractivity contribution is 0.469. The first-order valence-corrected chi connectivity index (χ1v) is 10.8. The van der Waals surface area contributed by atoms with Gasteiger partial charge in [-0.3, -0.25) is 9.36 Å². The largest absolute Gasteiger partial charge is 0.424 e. The van der Waals surface area contributed by atoms with E-state index in [4.69, 9.17) is 9.40 Å². The summed E-state index contributed by atoms with van der Waals surface area (Å²) in [5.74, 6) is 1.64. The third kappa shape index (κ3) is 3.38. The number of thiophene rings is 1. The molecule has 6 nitrogen and oxygen atoms in total. The Kier molecular flexibility index (Phi) is 5.07. The van der Waals surface area contributed by atoms with Gasteiger partial charge in [-0.1, -0.05) is 36.9 Å². The molecule has 0 atom stereocenters. The molecule has 0 radical (unpaired) electrons. The van der Waals surface area contributed by atoms with Gasteiger partial charge in [-0.15, -0.1) is 21.5 Å². The topological polar surface area (TPSA) is 73.8 Å². The minimum Gasteiger partial charge on any atom is -0.424 e. The van der Waals surface area contributed by atoms with Crippen molar-refractivity contribution in [2.75, 3.05) is 0 Å². The van der Waals surface area contributed by atoms with Gasteiger partial charge in [0.25, 0.3) is 5.56 Å². The van der Waals surface area contributed by atoms with Crippen molar-refractivity contribution in [2.24, 2.45) is 7.05 Å². The molecule has 0 saturated carbocycles. The highest BCUT2D eigenvalue weighted by molar-refractivity contribution is 7.98. The number of fused-ring (bicyclic) bond motifs is 1. The third-order valence-corrected chi connectivity index (χ3v) is 6.61. The molecule has 0 aliphatic heterocycles. The lowest BCUT2D eigenvalue weighted by atomic mass is 10.0. The summed E-state index contributed by atoms with van der Waals surface area (Å²) in [6.07, 6.45) is 0.705. The highest BCUT2D eigenvalue weighted by atomic mass is 32.2. The highest BCUT2D eigenvalue weighted by Gasteiger charge is 2.17. The quantitative estimate of drug-likeness (QED) is 0.354. The molecule has 0 spiro atoms. The monoisotopic (exact) mass is 412 g/mol. The molecule has 0 saturated heterocycles. The van der Waals surface area contributed by atoms with Crippen LogP contribution < -0.4 is 5.56 Å². The van der Waals surface area contributed by atoms with Gasteiger partial charge in [0.05, 0.1) is 11.1 Å². The van der Waals surface area contributed by atoms with Crippen molar-refractivity contribution in [1.82, 2.24) is 19.7 Å². The van der Waals surface area contributed by atoms with Crippen LogP contribution in [0, 0.1) is 13.8 Å². The molecule has 0 unspecified atom stereocenters. The fourth-order valence-corrected chi connectivity index (χ4v) is 4.72. The van der Waals surface area contributed by atoms with Gasteiger partial charge in [-0.05, 0) is 30.5 Å². The SMILES string of the molecule is CCc1nnc(CSc2nc3scc(-c4ccc(C)c(C)c4)c3c(=O)n2C)o1. The number of benzene rings is 1. The number of hydrogen-bond acceptors (Lipinski definition) is 7. The summed E-state index contributed by atoms with van der Waals surface area (Å²) < 4.78 is 7.14. The maximum Gasteiger partial charge on any atom is 0.263 e. The van der Waals surface area contributed by atoms with E-state index >= 15 is 0 Å². The summed E-state index contributed by atoms with van der Waals surface area (Å²) in [4.78, 5) is 18.5. The van der Waals surface area contributed by atoms with Crippen molar-refractivity contribution >= 4 is 33.3 Å². The second kappa shape index (κ2) is 7.52. The summed E-state index contributed by atoms with van der Waals surface area (Å²) >= 11 is 2.92. The van der Waals surface area contributed by atoms with Crippen LogP contribution in [0.5, 0.6) is 0 Å². The molecule has 4 rings (SSSR count). The molecular weight excluding hydrogens is 392 g/mol. The first-order chi connectivity index (χ1) is 13.5.